The van der Waals surface area contributed by atoms with E-state index in [1.54, 1.807) is 30.3 Å². The number of hydrogen-bond donors (Lipinski definition) is 3. The fraction of sp³-hybridized carbons (Fsp3) is 0.273. The normalized spacial score (nSPS) is 11.8. The number of benzene rings is 1. The number of nitrogens with one attached hydrogen (secondary N) is 1. The van der Waals surface area contributed by atoms with Gasteiger partial charge in [-0.25, -0.2) is 0 Å². The van der Waals surface area contributed by atoms with Crippen LogP contribution in [-0.2, 0) is 9.59 Å². The Hall–Kier alpha value is -1.88. The highest BCUT2D eigenvalue weighted by Crippen LogP contribution is 2.11. The lowest BCUT2D eigenvalue weighted by Crippen LogP contribution is -2.32. The summed E-state index contributed by atoms with van der Waals surface area (Å²) in [7, 11) is 0. The average molecular weight is 222 g/mol. The fourth-order valence-corrected chi connectivity index (χ4v) is 1.19. The number of hydrogen-bond acceptors (Lipinski definition) is 3. The fourth-order valence-electron chi connectivity index (χ4n) is 1.19. The predicted molar refractivity (Wildman–Crippen MR) is 58.2 cm³/mol. The third kappa shape index (κ3) is 3.70. The molecule has 5 nitrogen and oxygen atoms in total. The van der Waals surface area contributed by atoms with Gasteiger partial charge in [-0.05, 0) is 5.56 Å². The van der Waals surface area contributed by atoms with Gasteiger partial charge in [0.25, 0.3) is 5.91 Å². The standard InChI is InChI=1S/C11H14N2O3/c12-9(14)6-7-13-11(16)10(15)8-4-2-1-3-5-8/h1-5,10,15H,6-7H2,(H2,12,14)(H,13,16)/t10-/m1/s1. The first kappa shape index (κ1) is 12.2. The minimum Gasteiger partial charge on any atom is -0.378 e. The topological polar surface area (TPSA) is 92.4 Å². The summed E-state index contributed by atoms with van der Waals surface area (Å²) in [6, 6.07) is 8.56. The van der Waals surface area contributed by atoms with Crippen LogP contribution in [0.4, 0.5) is 0 Å². The lowest BCUT2D eigenvalue weighted by atomic mass is 10.1. The number of carbonyl (C=O) groups excluding carboxylic acids is 2. The maximum atomic E-state index is 11.4. The number of aliphatic hydroxyl groups is 1. The van der Waals surface area contributed by atoms with Crippen molar-refractivity contribution < 1.29 is 14.7 Å². The van der Waals surface area contributed by atoms with E-state index < -0.39 is 17.9 Å². The third-order valence-electron chi connectivity index (χ3n) is 2.03. The second kappa shape index (κ2) is 5.87. The van der Waals surface area contributed by atoms with Crippen LogP contribution >= 0.6 is 0 Å². The Morgan fingerprint density at radius 3 is 2.50 bits per heavy atom. The highest BCUT2D eigenvalue weighted by molar-refractivity contribution is 5.82. The first-order valence-electron chi connectivity index (χ1n) is 4.90. The summed E-state index contributed by atoms with van der Waals surface area (Å²) < 4.78 is 0. The Balaban J connectivity index is 2.45. The Bertz CT molecular complexity index is 365. The predicted octanol–water partition coefficient (Wildman–Crippen LogP) is -0.288. The van der Waals surface area contributed by atoms with Gasteiger partial charge in [0.05, 0.1) is 0 Å². The van der Waals surface area contributed by atoms with Crippen molar-refractivity contribution in [2.75, 3.05) is 6.54 Å². The molecule has 1 atom stereocenters. The molecule has 0 fully saturated rings. The van der Waals surface area contributed by atoms with Crippen LogP contribution in [0.25, 0.3) is 0 Å². The number of primary amides is 1. The van der Waals surface area contributed by atoms with Crippen LogP contribution in [0.2, 0.25) is 0 Å². The minimum absolute atomic E-state index is 0.0627. The zero-order valence-corrected chi connectivity index (χ0v) is 8.72. The molecule has 1 aromatic rings. The van der Waals surface area contributed by atoms with Gasteiger partial charge in [0.2, 0.25) is 5.91 Å². The number of carbonyl (C=O) groups is 2. The number of rotatable bonds is 5. The third-order valence-corrected chi connectivity index (χ3v) is 2.03. The molecule has 86 valence electrons. The summed E-state index contributed by atoms with van der Waals surface area (Å²) in [5.74, 6) is -1.03. The van der Waals surface area contributed by atoms with Crippen molar-refractivity contribution in [1.29, 1.82) is 0 Å². The van der Waals surface area contributed by atoms with Gasteiger partial charge in [0, 0.05) is 13.0 Å². The van der Waals surface area contributed by atoms with Gasteiger partial charge >= 0.3 is 0 Å². The van der Waals surface area contributed by atoms with Crippen molar-refractivity contribution in [2.45, 2.75) is 12.5 Å². The van der Waals surface area contributed by atoms with Crippen LogP contribution in [0.15, 0.2) is 30.3 Å². The molecule has 0 heterocycles. The highest BCUT2D eigenvalue weighted by Gasteiger charge is 2.16. The van der Waals surface area contributed by atoms with Crippen LogP contribution in [0, 0.1) is 0 Å². The molecule has 0 unspecified atom stereocenters. The molecule has 1 rings (SSSR count). The monoisotopic (exact) mass is 222 g/mol. The van der Waals surface area contributed by atoms with Gasteiger partial charge < -0.3 is 16.2 Å². The van der Waals surface area contributed by atoms with Crippen molar-refractivity contribution in [1.82, 2.24) is 5.32 Å². The lowest BCUT2D eigenvalue weighted by Gasteiger charge is -2.10. The largest absolute Gasteiger partial charge is 0.378 e. The van der Waals surface area contributed by atoms with Gasteiger partial charge in [-0.1, -0.05) is 30.3 Å². The molecule has 0 saturated carbocycles. The number of nitrogens with two attached hydrogens (primary N) is 1. The van der Waals surface area contributed by atoms with E-state index >= 15 is 0 Å². The van der Waals surface area contributed by atoms with Crippen LogP contribution in [0.3, 0.4) is 0 Å². The second-order valence-corrected chi connectivity index (χ2v) is 3.32. The Labute approximate surface area is 93.3 Å². The Morgan fingerprint density at radius 1 is 1.31 bits per heavy atom. The van der Waals surface area contributed by atoms with Gasteiger partial charge in [0.1, 0.15) is 0 Å². The van der Waals surface area contributed by atoms with Gasteiger partial charge in [-0.3, -0.25) is 9.59 Å². The molecule has 16 heavy (non-hydrogen) atoms. The van der Waals surface area contributed by atoms with E-state index in [0.717, 1.165) is 0 Å². The molecule has 2 amide bonds. The quantitative estimate of drug-likeness (QED) is 0.639. The first-order chi connectivity index (χ1) is 7.61. The van der Waals surface area contributed by atoms with Crippen molar-refractivity contribution in [3.8, 4) is 0 Å². The molecule has 0 spiro atoms. The minimum atomic E-state index is -1.21. The summed E-state index contributed by atoms with van der Waals surface area (Å²) in [5.41, 5.74) is 5.43. The van der Waals surface area contributed by atoms with E-state index in [1.807, 2.05) is 0 Å². The van der Waals surface area contributed by atoms with Crippen molar-refractivity contribution >= 4 is 11.8 Å². The molecule has 4 N–H and O–H groups in total. The van der Waals surface area contributed by atoms with Gasteiger partial charge in [-0.2, -0.15) is 0 Å². The van der Waals surface area contributed by atoms with E-state index in [-0.39, 0.29) is 13.0 Å². The molecule has 0 aliphatic heterocycles. The van der Waals surface area contributed by atoms with Crippen molar-refractivity contribution in [3.63, 3.8) is 0 Å². The molecule has 0 aliphatic carbocycles. The van der Waals surface area contributed by atoms with Crippen LogP contribution in [0.5, 0.6) is 0 Å². The van der Waals surface area contributed by atoms with Crippen LogP contribution in [-0.4, -0.2) is 23.5 Å². The maximum Gasteiger partial charge on any atom is 0.253 e. The first-order valence-corrected chi connectivity index (χ1v) is 4.90. The lowest BCUT2D eigenvalue weighted by molar-refractivity contribution is -0.129. The van der Waals surface area contributed by atoms with Crippen LogP contribution in [0.1, 0.15) is 18.1 Å². The molecular formula is C11H14N2O3. The maximum absolute atomic E-state index is 11.4. The van der Waals surface area contributed by atoms with E-state index in [1.165, 1.54) is 0 Å². The van der Waals surface area contributed by atoms with E-state index in [9.17, 15) is 14.7 Å². The summed E-state index contributed by atoms with van der Waals surface area (Å²) >= 11 is 0. The number of amides is 2. The van der Waals surface area contributed by atoms with E-state index in [4.69, 9.17) is 5.73 Å². The second-order valence-electron chi connectivity index (χ2n) is 3.32. The molecule has 0 bridgehead atoms. The molecule has 0 aromatic heterocycles. The molecule has 0 saturated heterocycles. The van der Waals surface area contributed by atoms with Crippen molar-refractivity contribution in [3.05, 3.63) is 35.9 Å². The Kier molecular flexibility index (Phi) is 4.47. The zero-order valence-electron chi connectivity index (χ0n) is 8.72. The summed E-state index contributed by atoms with van der Waals surface area (Å²) in [6.45, 7) is 0.137. The van der Waals surface area contributed by atoms with E-state index in [2.05, 4.69) is 5.32 Å². The average Bonchev–Trinajstić information content (AvgIpc) is 2.28. The number of aliphatic hydroxyl groups excluding tert-OH is 1. The molecule has 1 aromatic carbocycles. The van der Waals surface area contributed by atoms with E-state index in [0.29, 0.717) is 5.56 Å². The molecule has 0 aliphatic rings. The molecular weight excluding hydrogens is 208 g/mol. The Morgan fingerprint density at radius 2 is 1.94 bits per heavy atom. The summed E-state index contributed by atoms with van der Waals surface area (Å²) in [6.07, 6.45) is -1.15. The highest BCUT2D eigenvalue weighted by atomic mass is 16.3. The summed E-state index contributed by atoms with van der Waals surface area (Å²) in [4.78, 5) is 21.8. The zero-order chi connectivity index (χ0) is 12.0. The van der Waals surface area contributed by atoms with Crippen molar-refractivity contribution in [2.24, 2.45) is 5.73 Å². The molecule has 0 radical (unpaired) electrons. The smallest absolute Gasteiger partial charge is 0.253 e. The van der Waals surface area contributed by atoms with Crippen LogP contribution < -0.4 is 11.1 Å². The van der Waals surface area contributed by atoms with Gasteiger partial charge in [0.15, 0.2) is 6.10 Å². The summed E-state index contributed by atoms with van der Waals surface area (Å²) in [5, 5.41) is 12.0. The molecule has 5 heteroatoms. The SMILES string of the molecule is NC(=O)CCNC(=O)[C@H](O)c1ccccc1. The van der Waals surface area contributed by atoms with Gasteiger partial charge in [-0.15, -0.1) is 0 Å².